The molecule has 0 heterocycles. The van der Waals surface area contributed by atoms with Gasteiger partial charge in [-0.3, -0.25) is 9.59 Å². The van der Waals surface area contributed by atoms with Crippen molar-refractivity contribution in [2.75, 3.05) is 13.2 Å². The Morgan fingerprint density at radius 1 is 0.897 bits per heavy atom. The number of carbonyl (C=O) groups is 3. The molecule has 0 radical (unpaired) electrons. The summed E-state index contributed by atoms with van der Waals surface area (Å²) in [7, 11) is 0. The average molecular weight is 545 g/mol. The van der Waals surface area contributed by atoms with Crippen LogP contribution in [0, 0.1) is 5.41 Å². The molecule has 202 valence electrons. The Balaban J connectivity index is 1.34. The number of hydrogen-bond donors (Lipinski definition) is 0. The van der Waals surface area contributed by atoms with Gasteiger partial charge in [0, 0.05) is 22.8 Å². The minimum Gasteiger partial charge on any atom is -0.493 e. The van der Waals surface area contributed by atoms with Gasteiger partial charge in [-0.15, -0.1) is 0 Å². The number of benzene rings is 3. The number of thioether (sulfide) groups is 1. The standard InChI is InChI=1S/C32H32O6S/c1-6-36-29(33)22-10-14-25-26-15-13-24(19-28(26)20(2)27(25)18-22)39-30(34)21-8-11-23(12-9-21)37-16-7-17-38-31(35)32(3,4)5/h6,8-15,18-20H,1,7,16-17H2,2-5H3. The molecule has 0 aliphatic heterocycles. The van der Waals surface area contributed by atoms with E-state index in [1.54, 1.807) is 30.3 Å². The molecule has 0 bridgehead atoms. The summed E-state index contributed by atoms with van der Waals surface area (Å²) in [6.45, 7) is 11.7. The summed E-state index contributed by atoms with van der Waals surface area (Å²) in [5.41, 5.74) is 4.90. The first-order valence-electron chi connectivity index (χ1n) is 12.8. The molecule has 0 amide bonds. The molecule has 1 unspecified atom stereocenters. The third kappa shape index (κ3) is 6.60. The minimum atomic E-state index is -0.517. The molecule has 0 aromatic heterocycles. The van der Waals surface area contributed by atoms with Crippen molar-refractivity contribution in [2.24, 2.45) is 5.41 Å². The fourth-order valence-electron chi connectivity index (χ4n) is 4.30. The van der Waals surface area contributed by atoms with Crippen LogP contribution in [-0.4, -0.2) is 30.3 Å². The van der Waals surface area contributed by atoms with Gasteiger partial charge in [-0.2, -0.15) is 0 Å². The van der Waals surface area contributed by atoms with Crippen molar-refractivity contribution in [3.8, 4) is 16.9 Å². The Hall–Kier alpha value is -3.84. The average Bonchev–Trinajstić information content (AvgIpc) is 3.19. The summed E-state index contributed by atoms with van der Waals surface area (Å²) in [6.07, 6.45) is 1.71. The van der Waals surface area contributed by atoms with E-state index in [0.29, 0.717) is 36.5 Å². The highest BCUT2D eigenvalue weighted by molar-refractivity contribution is 8.14. The highest BCUT2D eigenvalue weighted by Gasteiger charge is 2.27. The summed E-state index contributed by atoms with van der Waals surface area (Å²) < 4.78 is 15.9. The van der Waals surface area contributed by atoms with E-state index in [4.69, 9.17) is 14.2 Å². The lowest BCUT2D eigenvalue weighted by Gasteiger charge is -2.16. The molecule has 0 saturated carbocycles. The molecule has 3 aromatic rings. The second-order valence-corrected chi connectivity index (χ2v) is 11.4. The smallest absolute Gasteiger partial charge is 0.342 e. The molecule has 0 saturated heterocycles. The first-order chi connectivity index (χ1) is 18.6. The van der Waals surface area contributed by atoms with Crippen LogP contribution in [0.1, 0.15) is 71.9 Å². The van der Waals surface area contributed by atoms with Gasteiger partial charge in [0.15, 0.2) is 0 Å². The number of ether oxygens (including phenoxy) is 3. The maximum atomic E-state index is 13.0. The van der Waals surface area contributed by atoms with E-state index < -0.39 is 11.4 Å². The van der Waals surface area contributed by atoms with Crippen molar-refractivity contribution in [2.45, 2.75) is 44.9 Å². The van der Waals surface area contributed by atoms with Gasteiger partial charge < -0.3 is 14.2 Å². The van der Waals surface area contributed by atoms with E-state index >= 15 is 0 Å². The Bertz CT molecular complexity index is 1400. The van der Waals surface area contributed by atoms with Gasteiger partial charge in [0.25, 0.3) is 0 Å². The number of esters is 2. The van der Waals surface area contributed by atoms with Gasteiger partial charge in [-0.25, -0.2) is 4.79 Å². The number of hydrogen-bond acceptors (Lipinski definition) is 7. The quantitative estimate of drug-likeness (QED) is 0.120. The minimum absolute atomic E-state index is 0.0618. The molecule has 4 rings (SSSR count). The van der Waals surface area contributed by atoms with Crippen LogP contribution in [0.2, 0.25) is 0 Å². The van der Waals surface area contributed by atoms with Crippen LogP contribution in [0.3, 0.4) is 0 Å². The molecule has 3 aromatic carbocycles. The first kappa shape index (κ1) is 28.2. The zero-order valence-corrected chi connectivity index (χ0v) is 23.4. The molecule has 39 heavy (non-hydrogen) atoms. The predicted molar refractivity (Wildman–Crippen MR) is 152 cm³/mol. The Morgan fingerprint density at radius 2 is 1.54 bits per heavy atom. The van der Waals surface area contributed by atoms with Gasteiger partial charge in [0.05, 0.1) is 30.5 Å². The van der Waals surface area contributed by atoms with E-state index in [1.807, 2.05) is 51.1 Å². The third-order valence-electron chi connectivity index (χ3n) is 6.43. The first-order valence-corrected chi connectivity index (χ1v) is 13.6. The molecule has 0 N–H and O–H groups in total. The van der Waals surface area contributed by atoms with E-state index in [9.17, 15) is 14.4 Å². The summed E-state index contributed by atoms with van der Waals surface area (Å²) >= 11 is 1.18. The Morgan fingerprint density at radius 3 is 2.21 bits per heavy atom. The fourth-order valence-corrected chi connectivity index (χ4v) is 5.09. The van der Waals surface area contributed by atoms with E-state index in [0.717, 1.165) is 33.4 Å². The van der Waals surface area contributed by atoms with Crippen molar-refractivity contribution >= 4 is 28.8 Å². The molecule has 6 nitrogen and oxygen atoms in total. The van der Waals surface area contributed by atoms with Crippen LogP contribution in [0.15, 0.2) is 78.4 Å². The van der Waals surface area contributed by atoms with E-state index in [-0.39, 0.29) is 17.0 Å². The van der Waals surface area contributed by atoms with E-state index in [1.165, 1.54) is 11.8 Å². The van der Waals surface area contributed by atoms with Gasteiger partial charge in [-0.05, 0) is 103 Å². The van der Waals surface area contributed by atoms with Crippen molar-refractivity contribution < 1.29 is 28.6 Å². The van der Waals surface area contributed by atoms with E-state index in [2.05, 4.69) is 13.5 Å². The number of carbonyl (C=O) groups excluding carboxylic acids is 3. The fraction of sp³-hybridized carbons (Fsp3) is 0.281. The zero-order valence-electron chi connectivity index (χ0n) is 22.6. The molecule has 1 aliphatic rings. The molecule has 0 fully saturated rings. The van der Waals surface area contributed by atoms with Gasteiger partial charge in [0.2, 0.25) is 5.12 Å². The molecule has 0 spiro atoms. The lowest BCUT2D eigenvalue weighted by Crippen LogP contribution is -2.23. The molecule has 7 heteroatoms. The maximum absolute atomic E-state index is 13.0. The second-order valence-electron chi connectivity index (χ2n) is 10.3. The maximum Gasteiger partial charge on any atom is 0.342 e. The Labute approximate surface area is 233 Å². The van der Waals surface area contributed by atoms with Crippen LogP contribution >= 0.6 is 11.8 Å². The lowest BCUT2D eigenvalue weighted by atomic mass is 9.97. The molecular formula is C32H32O6S. The third-order valence-corrected chi connectivity index (χ3v) is 7.34. The van der Waals surface area contributed by atoms with Crippen LogP contribution < -0.4 is 4.74 Å². The van der Waals surface area contributed by atoms with Gasteiger partial charge in [0.1, 0.15) is 5.75 Å². The monoisotopic (exact) mass is 544 g/mol. The van der Waals surface area contributed by atoms with Gasteiger partial charge >= 0.3 is 11.9 Å². The molecule has 1 aliphatic carbocycles. The normalized spacial score (nSPS) is 13.7. The van der Waals surface area contributed by atoms with Crippen molar-refractivity contribution in [3.63, 3.8) is 0 Å². The second kappa shape index (κ2) is 11.9. The summed E-state index contributed by atoms with van der Waals surface area (Å²) in [6, 6.07) is 18.6. The summed E-state index contributed by atoms with van der Waals surface area (Å²) in [4.78, 5) is 37.7. The highest BCUT2D eigenvalue weighted by Crippen LogP contribution is 2.46. The zero-order chi connectivity index (χ0) is 28.2. The van der Waals surface area contributed by atoms with Crippen LogP contribution in [0.4, 0.5) is 0 Å². The SMILES string of the molecule is C=COC(=O)c1ccc2c(c1)C(C)c1cc(SC(=O)c3ccc(OCCCOC(=O)C(C)(C)C)cc3)ccc1-2. The largest absolute Gasteiger partial charge is 0.493 e. The topological polar surface area (TPSA) is 78.9 Å². The lowest BCUT2D eigenvalue weighted by molar-refractivity contribution is -0.153. The van der Waals surface area contributed by atoms with Crippen LogP contribution in [0.25, 0.3) is 11.1 Å². The van der Waals surface area contributed by atoms with Crippen molar-refractivity contribution in [1.29, 1.82) is 0 Å². The molecule has 1 atom stereocenters. The summed E-state index contributed by atoms with van der Waals surface area (Å²) in [5.74, 6) is 0.0655. The van der Waals surface area contributed by atoms with Gasteiger partial charge in [-0.1, -0.05) is 25.6 Å². The molecular weight excluding hydrogens is 512 g/mol. The Kier molecular flexibility index (Phi) is 8.60. The number of rotatable bonds is 9. The summed E-state index contributed by atoms with van der Waals surface area (Å²) in [5, 5.41) is -0.0618. The highest BCUT2D eigenvalue weighted by atomic mass is 32.2. The van der Waals surface area contributed by atoms with Crippen molar-refractivity contribution in [3.05, 3.63) is 95.8 Å². The number of fused-ring (bicyclic) bond motifs is 3. The van der Waals surface area contributed by atoms with Crippen LogP contribution in [-0.2, 0) is 14.3 Å². The van der Waals surface area contributed by atoms with Crippen LogP contribution in [0.5, 0.6) is 5.75 Å². The van der Waals surface area contributed by atoms with Crippen molar-refractivity contribution in [1.82, 2.24) is 0 Å². The predicted octanol–water partition coefficient (Wildman–Crippen LogP) is 7.41.